The molecule has 2 heterocycles. The molecule has 0 aliphatic carbocycles. The van der Waals surface area contributed by atoms with Crippen molar-refractivity contribution in [1.29, 1.82) is 0 Å². The second-order valence-corrected chi connectivity index (χ2v) is 5.21. The number of halogens is 1. The van der Waals surface area contributed by atoms with Crippen molar-refractivity contribution in [3.8, 4) is 5.75 Å². The number of imidazole rings is 1. The number of benzene rings is 1. The zero-order valence-electron chi connectivity index (χ0n) is 11.7. The molecule has 1 N–H and O–H groups in total. The average molecular weight is 303 g/mol. The number of pyridine rings is 1. The largest absolute Gasteiger partial charge is 0.494 e. The number of aromatic nitrogens is 3. The van der Waals surface area contributed by atoms with Gasteiger partial charge in [0.25, 0.3) is 0 Å². The molecular formula is C15H14FN3OS. The fraction of sp³-hybridized carbons (Fsp3) is 0.200. The monoisotopic (exact) mass is 303 g/mol. The third-order valence-corrected chi connectivity index (χ3v) is 3.68. The van der Waals surface area contributed by atoms with E-state index in [1.807, 2.05) is 29.8 Å². The van der Waals surface area contributed by atoms with Gasteiger partial charge in [-0.2, -0.15) is 0 Å². The van der Waals surface area contributed by atoms with Crippen molar-refractivity contribution >= 4 is 23.3 Å². The number of rotatable bonds is 3. The normalized spacial score (nSPS) is 11.0. The maximum absolute atomic E-state index is 13.7. The van der Waals surface area contributed by atoms with Crippen LogP contribution >= 0.6 is 12.2 Å². The van der Waals surface area contributed by atoms with Crippen molar-refractivity contribution in [2.45, 2.75) is 13.5 Å². The first-order valence-electron chi connectivity index (χ1n) is 6.46. The summed E-state index contributed by atoms with van der Waals surface area (Å²) in [6.07, 6.45) is 1.82. The summed E-state index contributed by atoms with van der Waals surface area (Å²) in [5.41, 5.74) is 3.45. The first-order chi connectivity index (χ1) is 10.1. The second-order valence-electron chi connectivity index (χ2n) is 4.83. The van der Waals surface area contributed by atoms with Crippen LogP contribution < -0.4 is 4.74 Å². The molecule has 2 aromatic heterocycles. The van der Waals surface area contributed by atoms with E-state index in [4.69, 9.17) is 17.0 Å². The molecule has 3 aromatic rings. The van der Waals surface area contributed by atoms with Crippen LogP contribution in [0.5, 0.6) is 5.75 Å². The molecule has 21 heavy (non-hydrogen) atoms. The Morgan fingerprint density at radius 3 is 2.86 bits per heavy atom. The van der Waals surface area contributed by atoms with Gasteiger partial charge in [0.05, 0.1) is 24.7 Å². The van der Waals surface area contributed by atoms with E-state index in [1.165, 1.54) is 13.2 Å². The highest BCUT2D eigenvalue weighted by Crippen LogP contribution is 2.25. The number of nitrogens with one attached hydrogen (secondary N) is 1. The lowest BCUT2D eigenvalue weighted by atomic mass is 10.2. The average Bonchev–Trinajstić information content (AvgIpc) is 2.75. The van der Waals surface area contributed by atoms with Gasteiger partial charge in [0.15, 0.2) is 16.3 Å². The van der Waals surface area contributed by atoms with E-state index in [1.54, 1.807) is 6.07 Å². The minimum absolute atomic E-state index is 0.201. The lowest BCUT2D eigenvalue weighted by Crippen LogP contribution is -2.01. The summed E-state index contributed by atoms with van der Waals surface area (Å²) >= 11 is 5.32. The highest BCUT2D eigenvalue weighted by atomic mass is 32.1. The van der Waals surface area contributed by atoms with Gasteiger partial charge in [0.2, 0.25) is 0 Å². The Morgan fingerprint density at radius 1 is 1.38 bits per heavy atom. The number of aryl methyl sites for hydroxylation is 1. The number of aromatic amines is 1. The summed E-state index contributed by atoms with van der Waals surface area (Å²) < 4.78 is 21.2. The first kappa shape index (κ1) is 13.8. The van der Waals surface area contributed by atoms with E-state index < -0.39 is 5.82 Å². The number of methoxy groups -OCH3 is 1. The molecular weight excluding hydrogens is 289 g/mol. The number of hydrogen-bond acceptors (Lipinski definition) is 3. The van der Waals surface area contributed by atoms with Crippen molar-refractivity contribution in [2.24, 2.45) is 0 Å². The Morgan fingerprint density at radius 2 is 2.19 bits per heavy atom. The van der Waals surface area contributed by atoms with Crippen LogP contribution in [0.2, 0.25) is 0 Å². The number of ether oxygens (including phenoxy) is 1. The summed E-state index contributed by atoms with van der Waals surface area (Å²) in [4.78, 5) is 7.29. The van der Waals surface area contributed by atoms with Crippen molar-refractivity contribution < 1.29 is 9.13 Å². The number of nitrogens with zero attached hydrogens (tertiary/aromatic N) is 2. The van der Waals surface area contributed by atoms with Gasteiger partial charge in [0.1, 0.15) is 0 Å². The quantitative estimate of drug-likeness (QED) is 0.752. The molecule has 0 saturated carbocycles. The highest BCUT2D eigenvalue weighted by molar-refractivity contribution is 7.71. The number of fused-ring (bicyclic) bond motifs is 1. The maximum atomic E-state index is 13.7. The lowest BCUT2D eigenvalue weighted by Gasteiger charge is -2.07. The SMILES string of the molecule is COc1cc2c(cc1F)[nH]c(=S)n2Cc1ccc(C)nc1. The van der Waals surface area contributed by atoms with Gasteiger partial charge in [-0.3, -0.25) is 4.98 Å². The Hall–Kier alpha value is -2.21. The predicted octanol–water partition coefficient (Wildman–Crippen LogP) is 3.60. The Labute approximate surface area is 126 Å². The summed E-state index contributed by atoms with van der Waals surface area (Å²) in [7, 11) is 1.44. The van der Waals surface area contributed by atoms with E-state index in [0.717, 1.165) is 16.8 Å². The summed E-state index contributed by atoms with van der Waals surface area (Å²) in [6, 6.07) is 7.00. The summed E-state index contributed by atoms with van der Waals surface area (Å²) in [5, 5.41) is 0. The fourth-order valence-corrected chi connectivity index (χ4v) is 2.52. The molecule has 4 nitrogen and oxygen atoms in total. The van der Waals surface area contributed by atoms with E-state index in [9.17, 15) is 4.39 Å². The molecule has 3 rings (SSSR count). The van der Waals surface area contributed by atoms with Gasteiger partial charge in [0, 0.05) is 24.0 Å². The molecule has 0 atom stereocenters. The molecule has 1 aromatic carbocycles. The smallest absolute Gasteiger partial charge is 0.178 e. The van der Waals surface area contributed by atoms with E-state index in [0.29, 0.717) is 16.8 Å². The van der Waals surface area contributed by atoms with Crippen molar-refractivity contribution in [2.75, 3.05) is 7.11 Å². The van der Waals surface area contributed by atoms with Gasteiger partial charge in [-0.15, -0.1) is 0 Å². The highest BCUT2D eigenvalue weighted by Gasteiger charge is 2.11. The molecule has 0 amide bonds. The molecule has 0 radical (unpaired) electrons. The first-order valence-corrected chi connectivity index (χ1v) is 6.87. The zero-order valence-corrected chi connectivity index (χ0v) is 12.5. The van der Waals surface area contributed by atoms with Crippen molar-refractivity contribution in [1.82, 2.24) is 14.5 Å². The summed E-state index contributed by atoms with van der Waals surface area (Å²) in [5.74, 6) is -0.210. The Bertz CT molecular complexity index is 852. The van der Waals surface area contributed by atoms with E-state index in [-0.39, 0.29) is 5.75 Å². The number of H-pyrrole nitrogens is 1. The third-order valence-electron chi connectivity index (χ3n) is 3.36. The van der Waals surface area contributed by atoms with Crippen molar-refractivity contribution in [3.63, 3.8) is 0 Å². The Kier molecular flexibility index (Phi) is 3.47. The third kappa shape index (κ3) is 2.54. The second kappa shape index (κ2) is 5.29. The molecule has 6 heteroatoms. The molecule has 0 bridgehead atoms. The molecule has 0 spiro atoms. The van der Waals surface area contributed by atoms with Gasteiger partial charge in [-0.25, -0.2) is 4.39 Å². The molecule has 0 fully saturated rings. The van der Waals surface area contributed by atoms with E-state index in [2.05, 4.69) is 9.97 Å². The maximum Gasteiger partial charge on any atom is 0.178 e. The van der Waals surface area contributed by atoms with Crippen LogP contribution in [0, 0.1) is 17.5 Å². The number of hydrogen-bond donors (Lipinski definition) is 1. The molecule has 0 aliphatic rings. The minimum Gasteiger partial charge on any atom is -0.494 e. The zero-order chi connectivity index (χ0) is 15.0. The topological polar surface area (TPSA) is 42.8 Å². The van der Waals surface area contributed by atoms with Crippen LogP contribution in [0.15, 0.2) is 30.5 Å². The minimum atomic E-state index is -0.412. The molecule has 0 saturated heterocycles. The van der Waals surface area contributed by atoms with E-state index >= 15 is 0 Å². The van der Waals surface area contributed by atoms with Gasteiger partial charge in [-0.05, 0) is 30.8 Å². The molecule has 0 aliphatic heterocycles. The molecule has 0 unspecified atom stereocenters. The van der Waals surface area contributed by atoms with Crippen LogP contribution in [0.1, 0.15) is 11.3 Å². The fourth-order valence-electron chi connectivity index (χ4n) is 2.25. The lowest BCUT2D eigenvalue weighted by molar-refractivity contribution is 0.387. The molecule has 108 valence electrons. The standard InChI is InChI=1S/C15H14FN3OS/c1-9-3-4-10(7-17-9)8-19-13-6-14(20-2)11(16)5-12(13)18-15(19)21/h3-7H,8H2,1-2H3,(H,18,21). The van der Waals surface area contributed by atoms with Crippen LogP contribution in [0.3, 0.4) is 0 Å². The Balaban J connectivity index is 2.11. The van der Waals surface area contributed by atoms with Gasteiger partial charge < -0.3 is 14.3 Å². The van der Waals surface area contributed by atoms with Crippen molar-refractivity contribution in [3.05, 3.63) is 52.3 Å². The van der Waals surface area contributed by atoms with Crippen LogP contribution in [0.4, 0.5) is 4.39 Å². The van der Waals surface area contributed by atoms with Gasteiger partial charge in [-0.1, -0.05) is 6.07 Å². The van der Waals surface area contributed by atoms with Gasteiger partial charge >= 0.3 is 0 Å². The van der Waals surface area contributed by atoms with Crippen LogP contribution in [-0.2, 0) is 6.54 Å². The summed E-state index contributed by atoms with van der Waals surface area (Å²) in [6.45, 7) is 2.51. The van der Waals surface area contributed by atoms with Crippen LogP contribution in [-0.4, -0.2) is 21.6 Å². The van der Waals surface area contributed by atoms with Crippen LogP contribution in [0.25, 0.3) is 11.0 Å². The predicted molar refractivity (Wildman–Crippen MR) is 81.7 cm³/mol.